The molecule has 10 N–H and O–H groups in total. The van der Waals surface area contributed by atoms with E-state index in [-0.39, 0.29) is 46.8 Å². The van der Waals surface area contributed by atoms with E-state index in [1.807, 2.05) is 19.9 Å². The second-order valence-corrected chi connectivity index (χ2v) is 12.0. The van der Waals surface area contributed by atoms with Crippen LogP contribution in [0.15, 0.2) is 17.8 Å². The van der Waals surface area contributed by atoms with E-state index >= 15 is 0 Å². The van der Waals surface area contributed by atoms with Gasteiger partial charge < -0.3 is 41.1 Å². The first-order chi connectivity index (χ1) is 18.5. The van der Waals surface area contributed by atoms with Crippen LogP contribution in [0.2, 0.25) is 0 Å². The standard InChI is InChI=1S/C23H44BN9O5S/c1-6-13-17-16(11(3)29-15(34)10-28-23(26-7-2)30-31-25)21(36)33(17)18(22(37)38)24-19(13)39-12-8-14(27-9-12)20(35)32(4)5/h6,11-19,22,24,27,29,31,34,37-38H,1,7-10,25H2,2-5H3,(H2,26,28,30)/t11?,12?,13?,14-,15?,16?,17?,18?,19?/m0/s1. The van der Waals surface area contributed by atoms with Crippen molar-refractivity contribution < 1.29 is 24.9 Å². The van der Waals surface area contributed by atoms with Crippen molar-refractivity contribution in [2.24, 2.45) is 22.8 Å². The van der Waals surface area contributed by atoms with E-state index in [9.17, 15) is 24.9 Å². The summed E-state index contributed by atoms with van der Waals surface area (Å²) >= 11 is 1.72. The molecule has 3 rings (SSSR count). The van der Waals surface area contributed by atoms with Crippen molar-refractivity contribution in [3.63, 3.8) is 0 Å². The predicted octanol–water partition coefficient (Wildman–Crippen LogP) is -4.19. The third-order valence-corrected chi connectivity index (χ3v) is 9.27. The normalized spacial score (nSPS) is 32.0. The summed E-state index contributed by atoms with van der Waals surface area (Å²) in [5.41, 5.74) is 2.19. The molecule has 14 nitrogen and oxygen atoms in total. The first-order valence-electron chi connectivity index (χ1n) is 13.4. The number of nitrogens with one attached hydrogen (secondary N) is 5. The molecule has 0 bridgehead atoms. The fraction of sp³-hybridized carbons (Fsp3) is 0.783. The van der Waals surface area contributed by atoms with Crippen molar-refractivity contribution in [1.82, 2.24) is 36.6 Å². The third kappa shape index (κ3) is 7.17. The molecule has 3 saturated heterocycles. The highest BCUT2D eigenvalue weighted by Gasteiger charge is 2.60. The highest BCUT2D eigenvalue weighted by molar-refractivity contribution is 8.01. The second kappa shape index (κ2) is 14.0. The molecule has 0 aromatic heterocycles. The maximum Gasteiger partial charge on any atom is 0.239 e. The highest BCUT2D eigenvalue weighted by Crippen LogP contribution is 2.46. The van der Waals surface area contributed by atoms with Crippen LogP contribution in [0.5, 0.6) is 0 Å². The van der Waals surface area contributed by atoms with Crippen LogP contribution in [-0.4, -0.2) is 131 Å². The highest BCUT2D eigenvalue weighted by atomic mass is 32.2. The fourth-order valence-corrected chi connectivity index (χ4v) is 7.65. The molecule has 0 spiro atoms. The van der Waals surface area contributed by atoms with Gasteiger partial charge in [0.15, 0.2) is 13.6 Å². The molecule has 220 valence electrons. The molecule has 3 fully saturated rings. The van der Waals surface area contributed by atoms with Gasteiger partial charge in [-0.15, -0.1) is 11.7 Å². The number of aliphatic hydroxyl groups excluding tert-OH is 2. The molecular weight excluding hydrogens is 525 g/mol. The van der Waals surface area contributed by atoms with Crippen LogP contribution >= 0.6 is 11.8 Å². The van der Waals surface area contributed by atoms with Gasteiger partial charge in [0, 0.05) is 44.4 Å². The van der Waals surface area contributed by atoms with Gasteiger partial charge in [-0.25, -0.2) is 11.4 Å². The topological polar surface area (TPSA) is 200 Å². The van der Waals surface area contributed by atoms with Gasteiger partial charge in [0.1, 0.15) is 6.23 Å². The number of hydrazone groups is 1. The molecule has 0 aromatic carbocycles. The quantitative estimate of drug-likeness (QED) is 0.0161. The van der Waals surface area contributed by atoms with Gasteiger partial charge in [-0.3, -0.25) is 14.9 Å². The molecule has 0 aromatic rings. The lowest BCUT2D eigenvalue weighted by atomic mass is 9.51. The van der Waals surface area contributed by atoms with Gasteiger partial charge in [0.25, 0.3) is 0 Å². The zero-order valence-corrected chi connectivity index (χ0v) is 23.9. The number of rotatable bonds is 12. The van der Waals surface area contributed by atoms with Crippen LogP contribution in [0.4, 0.5) is 0 Å². The van der Waals surface area contributed by atoms with Crippen LogP contribution in [0.25, 0.3) is 0 Å². The second-order valence-electron chi connectivity index (χ2n) is 10.5. The minimum atomic E-state index is -1.67. The lowest BCUT2D eigenvalue weighted by Gasteiger charge is -2.60. The van der Waals surface area contributed by atoms with Crippen LogP contribution in [0.3, 0.4) is 0 Å². The number of amides is 2. The summed E-state index contributed by atoms with van der Waals surface area (Å²) in [6.45, 7) is 9.17. The predicted molar refractivity (Wildman–Crippen MR) is 152 cm³/mol. The van der Waals surface area contributed by atoms with Gasteiger partial charge in [0.2, 0.25) is 17.8 Å². The molecule has 8 unspecified atom stereocenters. The van der Waals surface area contributed by atoms with Crippen molar-refractivity contribution in [3.05, 3.63) is 12.7 Å². The number of guanidine groups is 1. The van der Waals surface area contributed by atoms with Gasteiger partial charge in [-0.05, 0) is 25.4 Å². The van der Waals surface area contributed by atoms with Crippen molar-refractivity contribution in [2.45, 2.75) is 67.3 Å². The Morgan fingerprint density at radius 2 is 2.10 bits per heavy atom. The lowest BCUT2D eigenvalue weighted by Crippen LogP contribution is -2.78. The zero-order chi connectivity index (χ0) is 28.9. The molecule has 0 radical (unpaired) electrons. The number of hydrogen-bond acceptors (Lipinski definition) is 11. The Hall–Kier alpha value is -2.08. The lowest BCUT2D eigenvalue weighted by molar-refractivity contribution is -0.179. The van der Waals surface area contributed by atoms with Gasteiger partial charge in [-0.1, -0.05) is 6.08 Å². The van der Waals surface area contributed by atoms with E-state index in [0.29, 0.717) is 32.7 Å². The summed E-state index contributed by atoms with van der Waals surface area (Å²) in [5, 5.41) is 47.3. The number of aliphatic hydroxyl groups is 3. The molecule has 39 heavy (non-hydrogen) atoms. The Morgan fingerprint density at radius 3 is 2.69 bits per heavy atom. The SMILES string of the molecule is C=CC1C(SC2CN[C@H](C(=O)N(C)C)C2)BC(C(O)O)N2C(=O)C(C(C)NC(O)CN/C(=N\NN)NCC)C12. The zero-order valence-electron chi connectivity index (χ0n) is 23.1. The van der Waals surface area contributed by atoms with Crippen molar-refractivity contribution in [2.75, 3.05) is 33.7 Å². The molecule has 0 saturated carbocycles. The first kappa shape index (κ1) is 31.5. The average molecular weight is 570 g/mol. The minimum Gasteiger partial charge on any atom is -0.377 e. The van der Waals surface area contributed by atoms with Crippen LogP contribution in [0.1, 0.15) is 20.3 Å². The van der Waals surface area contributed by atoms with E-state index < -0.39 is 30.4 Å². The summed E-state index contributed by atoms with van der Waals surface area (Å²) in [4.78, 5) is 28.9. The van der Waals surface area contributed by atoms with E-state index in [2.05, 4.69) is 38.5 Å². The van der Waals surface area contributed by atoms with Crippen LogP contribution < -0.4 is 32.6 Å². The average Bonchev–Trinajstić information content (AvgIpc) is 3.34. The number of β-lactam (4-membered cyclic amide) rings is 1. The molecule has 3 heterocycles. The number of likely N-dealkylation sites (N-methyl/N-ethyl adjacent to an activating group) is 1. The number of nitrogens with two attached hydrogens (primary N) is 1. The Balaban J connectivity index is 1.68. The largest absolute Gasteiger partial charge is 0.377 e. The number of carbonyl (C=O) groups excluding carboxylic acids is 2. The Morgan fingerprint density at radius 1 is 1.38 bits per heavy atom. The van der Waals surface area contributed by atoms with Crippen molar-refractivity contribution in [3.8, 4) is 0 Å². The van der Waals surface area contributed by atoms with Gasteiger partial charge in [0.05, 0.1) is 30.5 Å². The Bertz CT molecular complexity index is 900. The van der Waals surface area contributed by atoms with Crippen LogP contribution in [0, 0.1) is 11.8 Å². The molecule has 3 aliphatic rings. The van der Waals surface area contributed by atoms with E-state index in [0.717, 1.165) is 0 Å². The first-order valence-corrected chi connectivity index (χ1v) is 14.3. The third-order valence-electron chi connectivity index (χ3n) is 7.67. The number of thioether (sulfide) groups is 1. The number of fused-ring (bicyclic) bond motifs is 1. The molecule has 3 aliphatic heterocycles. The molecule has 16 heteroatoms. The van der Waals surface area contributed by atoms with Gasteiger partial charge in [-0.2, -0.15) is 11.8 Å². The number of nitrogens with zero attached hydrogens (tertiary/aromatic N) is 3. The monoisotopic (exact) mass is 569 g/mol. The van der Waals surface area contributed by atoms with E-state index in [4.69, 9.17) is 5.84 Å². The fourth-order valence-electron chi connectivity index (χ4n) is 5.89. The number of carbonyl (C=O) groups is 2. The smallest absolute Gasteiger partial charge is 0.239 e. The van der Waals surface area contributed by atoms with Crippen molar-refractivity contribution >= 4 is 36.8 Å². The minimum absolute atomic E-state index is 0.0207. The van der Waals surface area contributed by atoms with Crippen molar-refractivity contribution in [1.29, 1.82) is 0 Å². The molecule has 2 amide bonds. The Kier molecular flexibility index (Phi) is 11.3. The Labute approximate surface area is 234 Å². The molecular formula is C23H44BN9O5S. The summed E-state index contributed by atoms with van der Waals surface area (Å²) in [6, 6.07) is -0.944. The molecule has 9 atom stereocenters. The summed E-state index contributed by atoms with van der Waals surface area (Å²) in [5.74, 6) is 4.15. The summed E-state index contributed by atoms with van der Waals surface area (Å²) in [6.07, 6.45) is -0.132. The maximum atomic E-state index is 13.3. The van der Waals surface area contributed by atoms with Crippen LogP contribution in [-0.2, 0) is 9.59 Å². The maximum absolute atomic E-state index is 13.3. The van der Waals surface area contributed by atoms with E-state index in [1.165, 1.54) is 0 Å². The molecule has 0 aliphatic carbocycles. The van der Waals surface area contributed by atoms with Gasteiger partial charge >= 0.3 is 0 Å². The number of hydrogen-bond donors (Lipinski definition) is 9. The van der Waals surface area contributed by atoms with E-state index in [1.54, 1.807) is 35.7 Å². The summed E-state index contributed by atoms with van der Waals surface area (Å²) in [7, 11) is 3.89. The number of hydrazine groups is 1. The summed E-state index contributed by atoms with van der Waals surface area (Å²) < 4.78 is 0.